The number of likely N-dealkylation sites (tertiary alicyclic amines) is 2. The summed E-state index contributed by atoms with van der Waals surface area (Å²) in [6.45, 7) is 5.38. The molecule has 4 nitrogen and oxygen atoms in total. The van der Waals surface area contributed by atoms with Gasteiger partial charge in [0, 0.05) is 19.2 Å². The van der Waals surface area contributed by atoms with Gasteiger partial charge in [0.25, 0.3) is 0 Å². The third kappa shape index (κ3) is 3.53. The molecule has 3 fully saturated rings. The Bertz CT molecular complexity index is 305. The van der Waals surface area contributed by atoms with Crippen LogP contribution in [-0.2, 0) is 9.47 Å². The van der Waals surface area contributed by atoms with Gasteiger partial charge in [-0.2, -0.15) is 0 Å². The van der Waals surface area contributed by atoms with Gasteiger partial charge in [0.1, 0.15) is 0 Å². The summed E-state index contributed by atoms with van der Waals surface area (Å²) in [4.78, 5) is 4.87. The normalized spacial score (nSPS) is 37.2. The Balaban J connectivity index is 1.33. The summed E-state index contributed by atoms with van der Waals surface area (Å²) < 4.78 is 12.2. The Morgan fingerprint density at radius 2 is 1.75 bits per heavy atom. The standard InChI is InChI=1S/C16H30N2O2/c1-17-8-5-13(6-9-17)11-19-12-14-3-4-15-16(20-14)7-10-18(15)2/h13-16H,3-12H2,1-2H3/t14-,15-,16-/m0/s1. The third-order valence-corrected chi connectivity index (χ3v) is 5.41. The summed E-state index contributed by atoms with van der Waals surface area (Å²) >= 11 is 0. The zero-order valence-electron chi connectivity index (χ0n) is 13.1. The van der Waals surface area contributed by atoms with E-state index in [1.165, 1.54) is 51.7 Å². The van der Waals surface area contributed by atoms with Gasteiger partial charge in [-0.3, -0.25) is 0 Å². The lowest BCUT2D eigenvalue weighted by molar-refractivity contribution is -0.101. The third-order valence-electron chi connectivity index (χ3n) is 5.41. The van der Waals surface area contributed by atoms with Crippen LogP contribution in [0.25, 0.3) is 0 Å². The molecular weight excluding hydrogens is 252 g/mol. The first-order valence-corrected chi connectivity index (χ1v) is 8.34. The molecule has 3 rings (SSSR count). The summed E-state index contributed by atoms with van der Waals surface area (Å²) in [5, 5.41) is 0. The van der Waals surface area contributed by atoms with Gasteiger partial charge in [0.15, 0.2) is 0 Å². The highest BCUT2D eigenvalue weighted by Gasteiger charge is 2.37. The lowest BCUT2D eigenvalue weighted by Crippen LogP contribution is -2.42. The molecule has 0 saturated carbocycles. The maximum absolute atomic E-state index is 6.21. The molecule has 20 heavy (non-hydrogen) atoms. The topological polar surface area (TPSA) is 24.9 Å². The first-order valence-electron chi connectivity index (χ1n) is 8.34. The van der Waals surface area contributed by atoms with Crippen molar-refractivity contribution in [3.05, 3.63) is 0 Å². The molecule has 3 saturated heterocycles. The molecule has 0 bridgehead atoms. The lowest BCUT2D eigenvalue weighted by Gasteiger charge is -2.35. The number of nitrogens with zero attached hydrogens (tertiary/aromatic N) is 2. The molecule has 0 amide bonds. The van der Waals surface area contributed by atoms with Crippen molar-refractivity contribution in [1.82, 2.24) is 9.80 Å². The fourth-order valence-electron chi connectivity index (χ4n) is 3.93. The Hall–Kier alpha value is -0.160. The molecule has 3 aliphatic rings. The van der Waals surface area contributed by atoms with Crippen molar-refractivity contribution in [3.63, 3.8) is 0 Å². The van der Waals surface area contributed by atoms with Gasteiger partial charge in [0.2, 0.25) is 0 Å². The van der Waals surface area contributed by atoms with Gasteiger partial charge in [-0.15, -0.1) is 0 Å². The Kier molecular flexibility index (Phi) is 4.97. The fourth-order valence-corrected chi connectivity index (χ4v) is 3.93. The van der Waals surface area contributed by atoms with E-state index in [-0.39, 0.29) is 0 Å². The van der Waals surface area contributed by atoms with Crippen LogP contribution in [0.5, 0.6) is 0 Å². The average molecular weight is 282 g/mol. The maximum Gasteiger partial charge on any atom is 0.0813 e. The lowest BCUT2D eigenvalue weighted by atomic mass is 9.98. The van der Waals surface area contributed by atoms with Crippen molar-refractivity contribution >= 4 is 0 Å². The van der Waals surface area contributed by atoms with E-state index >= 15 is 0 Å². The molecule has 0 unspecified atom stereocenters. The highest BCUT2D eigenvalue weighted by Crippen LogP contribution is 2.30. The largest absolute Gasteiger partial charge is 0.378 e. The summed E-state index contributed by atoms with van der Waals surface area (Å²) in [7, 11) is 4.44. The number of piperidine rings is 1. The molecule has 0 aromatic rings. The molecule has 0 radical (unpaired) electrons. The number of likely N-dealkylation sites (N-methyl/N-ethyl adjacent to an activating group) is 1. The van der Waals surface area contributed by atoms with Crippen LogP contribution in [0.3, 0.4) is 0 Å². The smallest absolute Gasteiger partial charge is 0.0813 e. The van der Waals surface area contributed by atoms with Crippen LogP contribution in [0.4, 0.5) is 0 Å². The van der Waals surface area contributed by atoms with E-state index < -0.39 is 0 Å². The Labute approximate surface area is 123 Å². The van der Waals surface area contributed by atoms with Crippen LogP contribution in [0, 0.1) is 5.92 Å². The van der Waals surface area contributed by atoms with Crippen molar-refractivity contribution in [2.75, 3.05) is 46.9 Å². The van der Waals surface area contributed by atoms with Crippen LogP contribution in [0.2, 0.25) is 0 Å². The summed E-state index contributed by atoms with van der Waals surface area (Å²) in [6, 6.07) is 0.667. The molecule has 0 N–H and O–H groups in total. The molecule has 0 aliphatic carbocycles. The molecule has 0 aromatic heterocycles. The van der Waals surface area contributed by atoms with E-state index in [0.29, 0.717) is 18.2 Å². The Morgan fingerprint density at radius 3 is 2.55 bits per heavy atom. The van der Waals surface area contributed by atoms with E-state index in [2.05, 4.69) is 23.9 Å². The average Bonchev–Trinajstić information content (AvgIpc) is 2.82. The zero-order valence-corrected chi connectivity index (χ0v) is 13.1. The van der Waals surface area contributed by atoms with Crippen LogP contribution < -0.4 is 0 Å². The van der Waals surface area contributed by atoms with Crippen molar-refractivity contribution in [1.29, 1.82) is 0 Å². The summed E-state index contributed by atoms with van der Waals surface area (Å²) in [5.74, 6) is 0.764. The monoisotopic (exact) mass is 282 g/mol. The van der Waals surface area contributed by atoms with Crippen molar-refractivity contribution in [2.45, 2.75) is 50.4 Å². The van der Waals surface area contributed by atoms with E-state index in [1.54, 1.807) is 0 Å². The summed E-state index contributed by atoms with van der Waals surface area (Å²) in [6.07, 6.45) is 7.03. The predicted molar refractivity (Wildman–Crippen MR) is 80.0 cm³/mol. The van der Waals surface area contributed by atoms with Gasteiger partial charge in [-0.1, -0.05) is 0 Å². The van der Waals surface area contributed by atoms with Gasteiger partial charge in [-0.05, 0) is 65.2 Å². The van der Waals surface area contributed by atoms with Gasteiger partial charge in [0.05, 0.1) is 18.8 Å². The predicted octanol–water partition coefficient (Wildman–Crippen LogP) is 1.60. The molecule has 116 valence electrons. The highest BCUT2D eigenvalue weighted by molar-refractivity contribution is 4.90. The van der Waals surface area contributed by atoms with Crippen LogP contribution >= 0.6 is 0 Å². The molecule has 0 spiro atoms. The maximum atomic E-state index is 6.21. The second kappa shape index (κ2) is 6.73. The zero-order chi connectivity index (χ0) is 13.9. The van der Waals surface area contributed by atoms with Crippen LogP contribution in [0.1, 0.15) is 32.1 Å². The minimum Gasteiger partial charge on any atom is -0.378 e. The second-order valence-electron chi connectivity index (χ2n) is 6.99. The molecule has 3 atom stereocenters. The minimum absolute atomic E-state index is 0.342. The van der Waals surface area contributed by atoms with Crippen LogP contribution in [0.15, 0.2) is 0 Å². The van der Waals surface area contributed by atoms with Crippen LogP contribution in [-0.4, -0.2) is 75.0 Å². The molecule has 3 aliphatic heterocycles. The highest BCUT2D eigenvalue weighted by atomic mass is 16.5. The van der Waals surface area contributed by atoms with Crippen molar-refractivity contribution in [2.24, 2.45) is 5.92 Å². The number of hydrogen-bond acceptors (Lipinski definition) is 4. The number of ether oxygens (including phenoxy) is 2. The quantitative estimate of drug-likeness (QED) is 0.782. The fraction of sp³-hybridized carbons (Fsp3) is 1.00. The second-order valence-corrected chi connectivity index (χ2v) is 6.99. The molecule has 4 heteroatoms. The van der Waals surface area contributed by atoms with Gasteiger partial charge < -0.3 is 19.3 Å². The SMILES string of the molecule is CN1CCC(COC[C@@H]2CC[C@H]3[C@H](CCN3C)O2)CC1. The summed E-state index contributed by atoms with van der Waals surface area (Å²) in [5.41, 5.74) is 0. The Morgan fingerprint density at radius 1 is 0.950 bits per heavy atom. The molecule has 3 heterocycles. The molecule has 0 aromatic carbocycles. The number of fused-ring (bicyclic) bond motifs is 1. The van der Waals surface area contributed by atoms with Crippen molar-refractivity contribution in [3.8, 4) is 0 Å². The molecular formula is C16H30N2O2. The van der Waals surface area contributed by atoms with E-state index in [4.69, 9.17) is 9.47 Å². The van der Waals surface area contributed by atoms with Gasteiger partial charge >= 0.3 is 0 Å². The number of hydrogen-bond donors (Lipinski definition) is 0. The first kappa shape index (κ1) is 14.8. The number of rotatable bonds is 4. The van der Waals surface area contributed by atoms with E-state index in [0.717, 1.165) is 19.1 Å². The first-order chi connectivity index (χ1) is 9.72. The minimum atomic E-state index is 0.342. The van der Waals surface area contributed by atoms with Gasteiger partial charge in [-0.25, -0.2) is 0 Å². The van der Waals surface area contributed by atoms with E-state index in [1.807, 2.05) is 0 Å². The van der Waals surface area contributed by atoms with E-state index in [9.17, 15) is 0 Å². The van der Waals surface area contributed by atoms with Crippen molar-refractivity contribution < 1.29 is 9.47 Å².